The van der Waals surface area contributed by atoms with Crippen molar-refractivity contribution in [2.75, 3.05) is 11.9 Å². The second-order valence-electron chi connectivity index (χ2n) is 7.50. The van der Waals surface area contributed by atoms with Crippen molar-refractivity contribution in [3.8, 4) is 0 Å². The summed E-state index contributed by atoms with van der Waals surface area (Å²) in [5, 5.41) is 12.8. The molecule has 152 valence electrons. The van der Waals surface area contributed by atoms with Gasteiger partial charge in [0, 0.05) is 46.5 Å². The van der Waals surface area contributed by atoms with Crippen molar-refractivity contribution in [2.24, 2.45) is 5.92 Å². The van der Waals surface area contributed by atoms with Crippen LogP contribution in [-0.4, -0.2) is 40.2 Å². The summed E-state index contributed by atoms with van der Waals surface area (Å²) in [5.41, 5.74) is 1.44. The fourth-order valence-electron chi connectivity index (χ4n) is 3.46. The predicted molar refractivity (Wildman–Crippen MR) is 109 cm³/mol. The molecule has 0 aliphatic carbocycles. The van der Waals surface area contributed by atoms with Crippen LogP contribution in [0.1, 0.15) is 60.2 Å². The van der Waals surface area contributed by atoms with Gasteiger partial charge in [0.2, 0.25) is 5.91 Å². The first-order valence-electron chi connectivity index (χ1n) is 9.76. The number of unbranched alkanes of at least 4 members (excludes halogenated alkanes) is 2. The minimum atomic E-state index is -0.851. The van der Waals surface area contributed by atoms with Gasteiger partial charge in [-0.3, -0.25) is 24.1 Å². The van der Waals surface area contributed by atoms with Crippen LogP contribution in [0.3, 0.4) is 0 Å². The Balaban J connectivity index is 1.87. The molecule has 29 heavy (non-hydrogen) atoms. The molecule has 0 bridgehead atoms. The summed E-state index contributed by atoms with van der Waals surface area (Å²) in [6, 6.07) is 8.56. The van der Waals surface area contributed by atoms with Crippen molar-refractivity contribution in [3.05, 3.63) is 41.5 Å². The number of amides is 3. The van der Waals surface area contributed by atoms with Crippen LogP contribution in [0.5, 0.6) is 0 Å². The minimum Gasteiger partial charge on any atom is -0.481 e. The predicted octanol–water partition coefficient (Wildman–Crippen LogP) is 3.68. The normalized spacial score (nSPS) is 13.3. The largest absolute Gasteiger partial charge is 0.481 e. The second-order valence-corrected chi connectivity index (χ2v) is 7.50. The molecule has 0 spiro atoms. The first kappa shape index (κ1) is 20.5. The lowest BCUT2D eigenvalue weighted by atomic mass is 9.92. The van der Waals surface area contributed by atoms with E-state index >= 15 is 0 Å². The molecule has 1 aliphatic rings. The summed E-state index contributed by atoms with van der Waals surface area (Å²) in [7, 11) is 0. The molecule has 0 saturated carbocycles. The molecular formula is C22H24N2O5. The average Bonchev–Trinajstić information content (AvgIpc) is 2.68. The Hall–Kier alpha value is -3.22. The minimum absolute atomic E-state index is 0.0783. The lowest BCUT2D eigenvalue weighted by Crippen LogP contribution is -2.41. The molecule has 2 N–H and O–H groups in total. The Kier molecular flexibility index (Phi) is 5.96. The summed E-state index contributed by atoms with van der Waals surface area (Å²) >= 11 is 0. The molecule has 0 saturated heterocycles. The molecule has 1 heterocycles. The SMILES string of the molecule is CC(C)C(=O)Nc1ccc2c3c(cccc13)C(=O)N(CCCCCC(=O)O)C2=O. The molecule has 0 radical (unpaired) electrons. The van der Waals surface area contributed by atoms with Crippen molar-refractivity contribution in [1.29, 1.82) is 0 Å². The Morgan fingerprint density at radius 2 is 1.69 bits per heavy atom. The third kappa shape index (κ3) is 4.13. The van der Waals surface area contributed by atoms with Crippen LogP contribution in [0.15, 0.2) is 30.3 Å². The highest BCUT2D eigenvalue weighted by Gasteiger charge is 2.33. The van der Waals surface area contributed by atoms with E-state index in [1.807, 2.05) is 0 Å². The fourth-order valence-corrected chi connectivity index (χ4v) is 3.46. The van der Waals surface area contributed by atoms with Gasteiger partial charge in [-0.25, -0.2) is 0 Å². The van der Waals surface area contributed by atoms with Gasteiger partial charge in [-0.05, 0) is 31.0 Å². The number of carboxylic acids is 1. The lowest BCUT2D eigenvalue weighted by Gasteiger charge is -2.28. The molecule has 2 aromatic carbocycles. The highest BCUT2D eigenvalue weighted by atomic mass is 16.4. The Morgan fingerprint density at radius 1 is 1.00 bits per heavy atom. The van der Waals surface area contributed by atoms with Crippen LogP contribution in [0, 0.1) is 5.92 Å². The van der Waals surface area contributed by atoms with Gasteiger partial charge in [-0.1, -0.05) is 32.4 Å². The van der Waals surface area contributed by atoms with Crippen LogP contribution < -0.4 is 5.32 Å². The van der Waals surface area contributed by atoms with Gasteiger partial charge in [0.1, 0.15) is 0 Å². The van der Waals surface area contributed by atoms with E-state index in [9.17, 15) is 19.2 Å². The standard InChI is InChI=1S/C22H24N2O5/c1-13(2)20(27)23-17-11-10-16-19-14(17)7-6-8-15(19)21(28)24(22(16)29)12-5-3-4-9-18(25)26/h6-8,10-11,13H,3-5,9,12H2,1-2H3,(H,23,27)(H,25,26). The quantitative estimate of drug-likeness (QED) is 0.523. The van der Waals surface area contributed by atoms with Crippen LogP contribution in [0.4, 0.5) is 5.69 Å². The van der Waals surface area contributed by atoms with E-state index in [4.69, 9.17) is 5.11 Å². The molecule has 3 amide bonds. The first-order valence-corrected chi connectivity index (χ1v) is 9.76. The monoisotopic (exact) mass is 396 g/mol. The average molecular weight is 396 g/mol. The maximum absolute atomic E-state index is 13.0. The summed E-state index contributed by atoms with van der Waals surface area (Å²) < 4.78 is 0. The van der Waals surface area contributed by atoms with Gasteiger partial charge in [0.05, 0.1) is 0 Å². The Labute approximate surface area is 168 Å². The highest BCUT2D eigenvalue weighted by molar-refractivity contribution is 6.27. The number of aliphatic carboxylic acids is 1. The topological polar surface area (TPSA) is 104 Å². The number of imide groups is 1. The van der Waals surface area contributed by atoms with Gasteiger partial charge in [0.15, 0.2) is 0 Å². The highest BCUT2D eigenvalue weighted by Crippen LogP contribution is 2.34. The molecule has 0 atom stereocenters. The van der Waals surface area contributed by atoms with E-state index in [0.29, 0.717) is 46.8 Å². The number of nitrogens with zero attached hydrogens (tertiary/aromatic N) is 1. The van der Waals surface area contributed by atoms with Crippen molar-refractivity contribution >= 4 is 40.2 Å². The second kappa shape index (κ2) is 8.43. The van der Waals surface area contributed by atoms with Crippen LogP contribution in [0.25, 0.3) is 10.8 Å². The molecule has 7 heteroatoms. The van der Waals surface area contributed by atoms with Gasteiger partial charge >= 0.3 is 5.97 Å². The number of benzene rings is 2. The van der Waals surface area contributed by atoms with E-state index in [2.05, 4.69) is 5.32 Å². The van der Waals surface area contributed by atoms with Gasteiger partial charge in [0.25, 0.3) is 11.8 Å². The summed E-state index contributed by atoms with van der Waals surface area (Å²) in [4.78, 5) is 49.8. The Bertz CT molecular complexity index is 974. The zero-order chi connectivity index (χ0) is 21.1. The maximum Gasteiger partial charge on any atom is 0.303 e. The zero-order valence-electron chi connectivity index (χ0n) is 16.5. The number of anilines is 1. The molecule has 0 fully saturated rings. The molecule has 1 aliphatic heterocycles. The summed E-state index contributed by atoms with van der Waals surface area (Å²) in [6.07, 6.45) is 1.77. The van der Waals surface area contributed by atoms with Crippen molar-refractivity contribution < 1.29 is 24.3 Å². The van der Waals surface area contributed by atoms with Gasteiger partial charge in [-0.15, -0.1) is 0 Å². The zero-order valence-corrected chi connectivity index (χ0v) is 16.5. The summed E-state index contributed by atoms with van der Waals surface area (Å²) in [6.45, 7) is 3.84. The molecule has 3 rings (SSSR count). The van der Waals surface area contributed by atoms with Crippen LogP contribution in [-0.2, 0) is 9.59 Å². The fraction of sp³-hybridized carbons (Fsp3) is 0.364. The summed E-state index contributed by atoms with van der Waals surface area (Å²) in [5.74, 6) is -1.91. The van der Waals surface area contributed by atoms with E-state index < -0.39 is 5.97 Å². The van der Waals surface area contributed by atoms with Gasteiger partial charge in [-0.2, -0.15) is 0 Å². The van der Waals surface area contributed by atoms with Crippen molar-refractivity contribution in [1.82, 2.24) is 4.90 Å². The van der Waals surface area contributed by atoms with Crippen LogP contribution >= 0.6 is 0 Å². The van der Waals surface area contributed by atoms with Crippen molar-refractivity contribution in [3.63, 3.8) is 0 Å². The molecule has 2 aromatic rings. The number of carboxylic acid groups (broad SMARTS) is 1. The smallest absolute Gasteiger partial charge is 0.303 e. The van der Waals surface area contributed by atoms with E-state index in [1.165, 1.54) is 4.90 Å². The number of rotatable bonds is 8. The third-order valence-electron chi connectivity index (χ3n) is 5.05. The molecule has 0 aromatic heterocycles. The molecule has 7 nitrogen and oxygen atoms in total. The Morgan fingerprint density at radius 3 is 2.34 bits per heavy atom. The van der Waals surface area contributed by atoms with E-state index in [-0.39, 0.29) is 36.6 Å². The van der Waals surface area contributed by atoms with Crippen molar-refractivity contribution in [2.45, 2.75) is 39.5 Å². The lowest BCUT2D eigenvalue weighted by molar-refractivity contribution is -0.137. The number of hydrogen-bond donors (Lipinski definition) is 2. The molecule has 0 unspecified atom stereocenters. The number of carbonyl (C=O) groups excluding carboxylic acids is 3. The number of nitrogens with one attached hydrogen (secondary N) is 1. The third-order valence-corrected chi connectivity index (χ3v) is 5.05. The number of hydrogen-bond acceptors (Lipinski definition) is 4. The van der Waals surface area contributed by atoms with Crippen LogP contribution in [0.2, 0.25) is 0 Å². The van der Waals surface area contributed by atoms with E-state index in [1.54, 1.807) is 44.2 Å². The maximum atomic E-state index is 13.0. The van der Waals surface area contributed by atoms with E-state index in [0.717, 1.165) is 0 Å². The van der Waals surface area contributed by atoms with Gasteiger partial charge < -0.3 is 10.4 Å². The molecular weight excluding hydrogens is 372 g/mol. The number of carbonyl (C=O) groups is 4. The first-order chi connectivity index (χ1) is 13.8.